The molecule has 0 aliphatic rings. The second kappa shape index (κ2) is 5.69. The SMILES string of the molecule is CC(C)c1cc(C(=O)Nc2cccc(S(C)(=O)=O)c2)n[nH]1. The molecule has 7 heteroatoms. The van der Waals surface area contributed by atoms with E-state index in [4.69, 9.17) is 0 Å². The lowest BCUT2D eigenvalue weighted by Gasteiger charge is -2.05. The lowest BCUT2D eigenvalue weighted by Crippen LogP contribution is -2.12. The maximum atomic E-state index is 12.1. The summed E-state index contributed by atoms with van der Waals surface area (Å²) in [6.45, 7) is 3.98. The summed E-state index contributed by atoms with van der Waals surface area (Å²) >= 11 is 0. The third kappa shape index (κ3) is 3.69. The molecule has 0 saturated carbocycles. The molecule has 0 spiro atoms. The molecule has 6 nitrogen and oxygen atoms in total. The van der Waals surface area contributed by atoms with Crippen LogP contribution in [-0.2, 0) is 9.84 Å². The number of H-pyrrole nitrogens is 1. The van der Waals surface area contributed by atoms with Crippen LogP contribution in [0.2, 0.25) is 0 Å². The number of aromatic nitrogens is 2. The summed E-state index contributed by atoms with van der Waals surface area (Å²) in [6, 6.07) is 7.79. The molecule has 0 fully saturated rings. The summed E-state index contributed by atoms with van der Waals surface area (Å²) < 4.78 is 23.0. The van der Waals surface area contributed by atoms with Crippen molar-refractivity contribution in [1.82, 2.24) is 10.2 Å². The van der Waals surface area contributed by atoms with Crippen LogP contribution in [0.15, 0.2) is 35.2 Å². The van der Waals surface area contributed by atoms with Gasteiger partial charge in [0, 0.05) is 17.6 Å². The van der Waals surface area contributed by atoms with E-state index in [-0.39, 0.29) is 22.4 Å². The van der Waals surface area contributed by atoms with Gasteiger partial charge in [-0.25, -0.2) is 8.42 Å². The van der Waals surface area contributed by atoms with Crippen molar-refractivity contribution in [3.8, 4) is 0 Å². The van der Waals surface area contributed by atoms with Crippen molar-refractivity contribution < 1.29 is 13.2 Å². The number of anilines is 1. The Balaban J connectivity index is 2.19. The fourth-order valence-corrected chi connectivity index (χ4v) is 2.42. The molecule has 1 aromatic heterocycles. The van der Waals surface area contributed by atoms with Crippen molar-refractivity contribution in [3.05, 3.63) is 41.7 Å². The summed E-state index contributed by atoms with van der Waals surface area (Å²) in [4.78, 5) is 12.2. The molecule has 0 unspecified atom stereocenters. The number of nitrogens with one attached hydrogen (secondary N) is 2. The summed E-state index contributed by atoms with van der Waals surface area (Å²) in [5.41, 5.74) is 1.55. The highest BCUT2D eigenvalue weighted by Gasteiger charge is 2.13. The van der Waals surface area contributed by atoms with Gasteiger partial charge in [0.15, 0.2) is 15.5 Å². The van der Waals surface area contributed by atoms with Crippen molar-refractivity contribution in [1.29, 1.82) is 0 Å². The lowest BCUT2D eigenvalue weighted by molar-refractivity contribution is 0.102. The van der Waals surface area contributed by atoms with E-state index in [1.54, 1.807) is 18.2 Å². The maximum absolute atomic E-state index is 12.1. The summed E-state index contributed by atoms with van der Waals surface area (Å²) in [5, 5.41) is 9.39. The van der Waals surface area contributed by atoms with E-state index in [1.165, 1.54) is 12.1 Å². The fraction of sp³-hybridized carbons (Fsp3) is 0.286. The van der Waals surface area contributed by atoms with Crippen LogP contribution >= 0.6 is 0 Å². The number of hydrogen-bond acceptors (Lipinski definition) is 4. The highest BCUT2D eigenvalue weighted by molar-refractivity contribution is 7.90. The lowest BCUT2D eigenvalue weighted by atomic mass is 10.1. The van der Waals surface area contributed by atoms with Crippen LogP contribution in [0.1, 0.15) is 35.9 Å². The predicted octanol–water partition coefficient (Wildman–Crippen LogP) is 2.19. The van der Waals surface area contributed by atoms with E-state index in [0.29, 0.717) is 5.69 Å². The van der Waals surface area contributed by atoms with Gasteiger partial charge in [0.25, 0.3) is 5.91 Å². The quantitative estimate of drug-likeness (QED) is 0.905. The number of carbonyl (C=O) groups is 1. The molecule has 0 saturated heterocycles. The minimum Gasteiger partial charge on any atom is -0.321 e. The Morgan fingerprint density at radius 2 is 2.00 bits per heavy atom. The zero-order valence-corrected chi connectivity index (χ0v) is 12.9. The third-order valence-electron chi connectivity index (χ3n) is 2.97. The molecule has 1 aromatic carbocycles. The normalized spacial score (nSPS) is 11.6. The van der Waals surface area contributed by atoms with Gasteiger partial charge in [0.2, 0.25) is 0 Å². The van der Waals surface area contributed by atoms with Crippen LogP contribution in [0.25, 0.3) is 0 Å². The van der Waals surface area contributed by atoms with E-state index in [9.17, 15) is 13.2 Å². The molecule has 2 aromatic rings. The van der Waals surface area contributed by atoms with Gasteiger partial charge in [0.1, 0.15) is 0 Å². The number of amides is 1. The molecule has 2 N–H and O–H groups in total. The molecule has 1 heterocycles. The molecule has 21 heavy (non-hydrogen) atoms. The van der Waals surface area contributed by atoms with E-state index < -0.39 is 9.84 Å². The molecule has 2 rings (SSSR count). The minimum absolute atomic E-state index is 0.158. The molecular weight excluding hydrogens is 290 g/mol. The summed E-state index contributed by atoms with van der Waals surface area (Å²) in [5.74, 6) is -0.142. The molecule has 0 aliphatic heterocycles. The average Bonchev–Trinajstić information content (AvgIpc) is 2.88. The smallest absolute Gasteiger partial charge is 0.276 e. The maximum Gasteiger partial charge on any atom is 0.276 e. The first-order chi connectivity index (χ1) is 9.77. The number of hydrogen-bond donors (Lipinski definition) is 2. The van der Waals surface area contributed by atoms with Crippen molar-refractivity contribution in [2.45, 2.75) is 24.7 Å². The first-order valence-electron chi connectivity index (χ1n) is 6.44. The number of benzene rings is 1. The predicted molar refractivity (Wildman–Crippen MR) is 80.2 cm³/mol. The molecule has 0 radical (unpaired) electrons. The Kier molecular flexibility index (Phi) is 4.13. The summed E-state index contributed by atoms with van der Waals surface area (Å²) in [7, 11) is -3.31. The van der Waals surface area contributed by atoms with E-state index in [1.807, 2.05) is 13.8 Å². The second-order valence-corrected chi connectivity index (χ2v) is 7.13. The Morgan fingerprint density at radius 3 is 2.57 bits per heavy atom. The zero-order valence-electron chi connectivity index (χ0n) is 12.0. The van der Waals surface area contributed by atoms with Crippen LogP contribution in [-0.4, -0.2) is 30.8 Å². The van der Waals surface area contributed by atoms with E-state index in [0.717, 1.165) is 11.9 Å². The summed E-state index contributed by atoms with van der Waals surface area (Å²) in [6.07, 6.45) is 1.12. The monoisotopic (exact) mass is 307 g/mol. The Bertz CT molecular complexity index is 763. The molecule has 0 bridgehead atoms. The molecular formula is C14H17N3O3S. The first-order valence-corrected chi connectivity index (χ1v) is 8.33. The first kappa shape index (κ1) is 15.2. The number of nitrogens with zero attached hydrogens (tertiary/aromatic N) is 1. The average molecular weight is 307 g/mol. The molecule has 1 amide bonds. The van der Waals surface area contributed by atoms with Crippen LogP contribution in [0, 0.1) is 0 Å². The Hall–Kier alpha value is -2.15. The van der Waals surface area contributed by atoms with E-state index >= 15 is 0 Å². The highest BCUT2D eigenvalue weighted by atomic mass is 32.2. The zero-order chi connectivity index (χ0) is 15.6. The standard InChI is InChI=1S/C14H17N3O3S/c1-9(2)12-8-13(17-16-12)14(18)15-10-5-4-6-11(7-10)21(3,19)20/h4-9H,1-3H3,(H,15,18)(H,16,17). The van der Waals surface area contributed by atoms with Crippen LogP contribution in [0.4, 0.5) is 5.69 Å². The van der Waals surface area contributed by atoms with Gasteiger partial charge >= 0.3 is 0 Å². The fourth-order valence-electron chi connectivity index (χ4n) is 1.75. The van der Waals surface area contributed by atoms with Gasteiger partial charge in [-0.05, 0) is 30.2 Å². The number of carbonyl (C=O) groups excluding carboxylic acids is 1. The van der Waals surface area contributed by atoms with Gasteiger partial charge < -0.3 is 5.32 Å². The number of sulfone groups is 1. The van der Waals surface area contributed by atoms with E-state index in [2.05, 4.69) is 15.5 Å². The van der Waals surface area contributed by atoms with Crippen molar-refractivity contribution in [3.63, 3.8) is 0 Å². The largest absolute Gasteiger partial charge is 0.321 e. The van der Waals surface area contributed by atoms with Crippen LogP contribution in [0.3, 0.4) is 0 Å². The Labute approximate surface area is 123 Å². The van der Waals surface area contributed by atoms with Crippen molar-refractivity contribution in [2.75, 3.05) is 11.6 Å². The van der Waals surface area contributed by atoms with Gasteiger partial charge in [-0.2, -0.15) is 5.10 Å². The topological polar surface area (TPSA) is 91.9 Å². The molecule has 0 aliphatic carbocycles. The van der Waals surface area contributed by atoms with Crippen LogP contribution in [0.5, 0.6) is 0 Å². The molecule has 112 valence electrons. The number of rotatable bonds is 4. The Morgan fingerprint density at radius 1 is 1.29 bits per heavy atom. The van der Waals surface area contributed by atoms with Crippen molar-refractivity contribution in [2.24, 2.45) is 0 Å². The number of aromatic amines is 1. The van der Waals surface area contributed by atoms with Gasteiger partial charge in [-0.3, -0.25) is 9.89 Å². The van der Waals surface area contributed by atoms with Gasteiger partial charge in [0.05, 0.1) is 4.90 Å². The molecule has 0 atom stereocenters. The van der Waals surface area contributed by atoms with Gasteiger partial charge in [-0.15, -0.1) is 0 Å². The second-order valence-electron chi connectivity index (χ2n) is 5.12. The third-order valence-corrected chi connectivity index (χ3v) is 4.08. The van der Waals surface area contributed by atoms with Crippen LogP contribution < -0.4 is 5.32 Å². The van der Waals surface area contributed by atoms with Crippen molar-refractivity contribution >= 4 is 21.4 Å². The van der Waals surface area contributed by atoms with Gasteiger partial charge in [-0.1, -0.05) is 19.9 Å². The minimum atomic E-state index is -3.31. The highest BCUT2D eigenvalue weighted by Crippen LogP contribution is 2.17.